The number of aliphatic imine (C=N–C) groups is 1. The van der Waals surface area contributed by atoms with E-state index >= 15 is 0 Å². The summed E-state index contributed by atoms with van der Waals surface area (Å²) in [5.41, 5.74) is 4.79. The molecule has 2 aliphatic heterocycles. The Morgan fingerprint density at radius 1 is 1.35 bits per heavy atom. The van der Waals surface area contributed by atoms with Crippen molar-refractivity contribution in [3.8, 4) is 0 Å². The fourth-order valence-electron chi connectivity index (χ4n) is 3.87. The summed E-state index contributed by atoms with van der Waals surface area (Å²) in [7, 11) is 0. The van der Waals surface area contributed by atoms with Crippen molar-refractivity contribution in [2.75, 3.05) is 31.1 Å². The molecule has 0 saturated carbocycles. The van der Waals surface area contributed by atoms with Crippen LogP contribution in [0.25, 0.3) is 0 Å². The number of rotatable bonds is 6. The monoisotopic (exact) mass is 356 g/mol. The van der Waals surface area contributed by atoms with Gasteiger partial charge in [-0.25, -0.2) is 0 Å². The molecule has 1 aromatic carbocycles. The number of hydrogen-bond acceptors (Lipinski definition) is 5. The van der Waals surface area contributed by atoms with E-state index in [2.05, 4.69) is 54.0 Å². The Bertz CT molecular complexity index is 667. The Labute approximate surface area is 157 Å². The van der Waals surface area contributed by atoms with E-state index in [0.29, 0.717) is 12.0 Å². The van der Waals surface area contributed by atoms with Gasteiger partial charge in [0.15, 0.2) is 0 Å². The van der Waals surface area contributed by atoms with Crippen LogP contribution in [0.1, 0.15) is 51.2 Å². The van der Waals surface area contributed by atoms with E-state index < -0.39 is 0 Å². The number of hydrazone groups is 1. The second-order valence-corrected chi connectivity index (χ2v) is 8.21. The Kier molecular flexibility index (Phi) is 5.97. The van der Waals surface area contributed by atoms with Crippen LogP contribution in [-0.4, -0.2) is 44.3 Å². The molecule has 3 rings (SSSR count). The van der Waals surface area contributed by atoms with E-state index in [1.807, 2.05) is 0 Å². The van der Waals surface area contributed by atoms with E-state index in [1.54, 1.807) is 6.21 Å². The molecule has 5 heteroatoms. The number of hydrogen-bond donors (Lipinski definition) is 1. The number of anilines is 1. The van der Waals surface area contributed by atoms with Gasteiger partial charge in [-0.1, -0.05) is 26.8 Å². The summed E-state index contributed by atoms with van der Waals surface area (Å²) in [5, 5.41) is 3.99. The van der Waals surface area contributed by atoms with Gasteiger partial charge in [0.2, 0.25) is 0 Å². The first kappa shape index (κ1) is 18.9. The van der Waals surface area contributed by atoms with Crippen molar-refractivity contribution in [1.82, 2.24) is 0 Å². The number of nitrogens with zero attached hydrogens (tertiary/aromatic N) is 3. The first-order valence-electron chi connectivity index (χ1n) is 9.80. The molecular weight excluding hydrogens is 324 g/mol. The number of aryl methyl sites for hydroxylation is 1. The van der Waals surface area contributed by atoms with Gasteiger partial charge in [0.1, 0.15) is 5.71 Å². The third-order valence-corrected chi connectivity index (χ3v) is 5.28. The zero-order valence-electron chi connectivity index (χ0n) is 16.4. The van der Waals surface area contributed by atoms with Crippen LogP contribution in [-0.2, 0) is 11.2 Å². The SMILES string of the molecule is CCc1cc(N2CC(C)(C)C2)ccc1/C(C=NCC1CCCCO1)=N/N. The van der Waals surface area contributed by atoms with Gasteiger partial charge in [-0.3, -0.25) is 4.99 Å². The molecule has 5 nitrogen and oxygen atoms in total. The van der Waals surface area contributed by atoms with Crippen LogP contribution in [0, 0.1) is 5.41 Å². The van der Waals surface area contributed by atoms with Crippen molar-refractivity contribution in [2.45, 2.75) is 52.6 Å². The highest BCUT2D eigenvalue weighted by Gasteiger charge is 2.34. The molecule has 2 heterocycles. The summed E-state index contributed by atoms with van der Waals surface area (Å²) in [6, 6.07) is 6.58. The standard InChI is InChI=1S/C21H32N4O/c1-4-16-11-17(25-14-21(2,3)15-25)8-9-19(16)20(24-22)13-23-12-18-7-5-6-10-26-18/h8-9,11,13,18H,4-7,10,12,14-15,22H2,1-3H3/b23-13?,24-20+. The van der Waals surface area contributed by atoms with Crippen molar-refractivity contribution in [2.24, 2.45) is 21.4 Å². The fourth-order valence-corrected chi connectivity index (χ4v) is 3.87. The molecule has 2 N–H and O–H groups in total. The molecule has 1 unspecified atom stereocenters. The van der Waals surface area contributed by atoms with Gasteiger partial charge in [-0.2, -0.15) is 5.10 Å². The van der Waals surface area contributed by atoms with Gasteiger partial charge in [0, 0.05) is 37.2 Å². The van der Waals surface area contributed by atoms with Gasteiger partial charge in [-0.15, -0.1) is 0 Å². The summed E-state index contributed by atoms with van der Waals surface area (Å²) in [4.78, 5) is 6.98. The molecule has 0 aliphatic carbocycles. The Morgan fingerprint density at radius 2 is 2.15 bits per heavy atom. The van der Waals surface area contributed by atoms with Crippen molar-refractivity contribution < 1.29 is 4.74 Å². The zero-order valence-corrected chi connectivity index (χ0v) is 16.4. The zero-order chi connectivity index (χ0) is 18.6. The van der Waals surface area contributed by atoms with Gasteiger partial charge in [-0.05, 0) is 48.8 Å². The lowest BCUT2D eigenvalue weighted by Gasteiger charge is -2.47. The third kappa shape index (κ3) is 4.44. The average Bonchev–Trinajstić information content (AvgIpc) is 2.64. The van der Waals surface area contributed by atoms with Gasteiger partial charge in [0.25, 0.3) is 0 Å². The lowest BCUT2D eigenvalue weighted by atomic mass is 9.83. The predicted molar refractivity (Wildman–Crippen MR) is 109 cm³/mol. The van der Waals surface area contributed by atoms with Crippen LogP contribution in [0.3, 0.4) is 0 Å². The molecule has 0 amide bonds. The maximum absolute atomic E-state index is 5.73. The van der Waals surface area contributed by atoms with Gasteiger partial charge >= 0.3 is 0 Å². The fraction of sp³-hybridized carbons (Fsp3) is 0.619. The molecule has 0 radical (unpaired) electrons. The van der Waals surface area contributed by atoms with Crippen LogP contribution in [0.5, 0.6) is 0 Å². The van der Waals surface area contributed by atoms with Crippen LogP contribution < -0.4 is 10.7 Å². The van der Waals surface area contributed by atoms with E-state index in [1.165, 1.54) is 17.7 Å². The predicted octanol–water partition coefficient (Wildman–Crippen LogP) is 3.40. The molecule has 0 bridgehead atoms. The maximum Gasteiger partial charge on any atom is 0.108 e. The van der Waals surface area contributed by atoms with Crippen molar-refractivity contribution in [3.05, 3.63) is 29.3 Å². The molecule has 2 saturated heterocycles. The molecule has 2 fully saturated rings. The largest absolute Gasteiger partial charge is 0.376 e. The molecule has 0 spiro atoms. The van der Waals surface area contributed by atoms with Crippen LogP contribution in [0.15, 0.2) is 28.3 Å². The van der Waals surface area contributed by atoms with Crippen molar-refractivity contribution in [3.63, 3.8) is 0 Å². The number of ether oxygens (including phenoxy) is 1. The normalized spacial score (nSPS) is 23.3. The molecule has 26 heavy (non-hydrogen) atoms. The Hall–Kier alpha value is -1.88. The second kappa shape index (κ2) is 8.21. The number of nitrogens with two attached hydrogens (primary N) is 1. The minimum Gasteiger partial charge on any atom is -0.376 e. The van der Waals surface area contributed by atoms with Crippen LogP contribution in [0.4, 0.5) is 5.69 Å². The second-order valence-electron chi connectivity index (χ2n) is 8.21. The molecule has 0 aromatic heterocycles. The number of benzene rings is 1. The lowest BCUT2D eigenvalue weighted by Crippen LogP contribution is -2.53. The van der Waals surface area contributed by atoms with E-state index in [4.69, 9.17) is 10.6 Å². The lowest BCUT2D eigenvalue weighted by molar-refractivity contribution is 0.0226. The average molecular weight is 357 g/mol. The maximum atomic E-state index is 5.73. The minimum atomic E-state index is 0.238. The summed E-state index contributed by atoms with van der Waals surface area (Å²) in [5.74, 6) is 5.67. The first-order valence-corrected chi connectivity index (χ1v) is 9.80. The third-order valence-electron chi connectivity index (χ3n) is 5.28. The van der Waals surface area contributed by atoms with Gasteiger partial charge < -0.3 is 15.5 Å². The van der Waals surface area contributed by atoms with Crippen LogP contribution in [0.2, 0.25) is 0 Å². The highest BCUT2D eigenvalue weighted by molar-refractivity contribution is 6.38. The van der Waals surface area contributed by atoms with E-state index in [0.717, 1.165) is 50.2 Å². The molecule has 1 atom stereocenters. The molecule has 1 aromatic rings. The topological polar surface area (TPSA) is 63.2 Å². The molecular formula is C21H32N4O. The van der Waals surface area contributed by atoms with E-state index in [-0.39, 0.29) is 6.10 Å². The van der Waals surface area contributed by atoms with E-state index in [9.17, 15) is 0 Å². The summed E-state index contributed by atoms with van der Waals surface area (Å²) >= 11 is 0. The Morgan fingerprint density at radius 3 is 2.77 bits per heavy atom. The summed E-state index contributed by atoms with van der Waals surface area (Å²) in [6.07, 6.45) is 6.47. The highest BCUT2D eigenvalue weighted by atomic mass is 16.5. The molecule has 2 aliphatic rings. The highest BCUT2D eigenvalue weighted by Crippen LogP contribution is 2.34. The smallest absolute Gasteiger partial charge is 0.108 e. The van der Waals surface area contributed by atoms with Crippen molar-refractivity contribution >= 4 is 17.6 Å². The first-order chi connectivity index (χ1) is 12.5. The van der Waals surface area contributed by atoms with Gasteiger partial charge in [0.05, 0.1) is 12.6 Å². The molecule has 142 valence electrons. The summed E-state index contributed by atoms with van der Waals surface area (Å²) in [6.45, 7) is 10.5. The van der Waals surface area contributed by atoms with Crippen molar-refractivity contribution in [1.29, 1.82) is 0 Å². The minimum absolute atomic E-state index is 0.238. The Balaban J connectivity index is 1.69. The quantitative estimate of drug-likeness (QED) is 0.483. The summed E-state index contributed by atoms with van der Waals surface area (Å²) < 4.78 is 5.73. The van der Waals surface area contributed by atoms with Crippen LogP contribution >= 0.6 is 0 Å².